The Morgan fingerprint density at radius 1 is 0.750 bits per heavy atom. The predicted octanol–water partition coefficient (Wildman–Crippen LogP) is 5.38. The van der Waals surface area contributed by atoms with Crippen LogP contribution in [-0.4, -0.2) is 11.8 Å². The molecule has 3 aromatic carbocycles. The molecule has 4 rings (SSSR count). The third-order valence-electron chi connectivity index (χ3n) is 4.66. The summed E-state index contributed by atoms with van der Waals surface area (Å²) in [5.74, 6) is -0.550. The summed E-state index contributed by atoms with van der Waals surface area (Å²) in [4.78, 5) is 29.5. The van der Waals surface area contributed by atoms with E-state index in [1.54, 1.807) is 0 Å². The lowest BCUT2D eigenvalue weighted by Crippen LogP contribution is -2.31. The topological polar surface area (TPSA) is 37.4 Å². The molecule has 0 aromatic heterocycles. The smallest absolute Gasteiger partial charge is 0.268 e. The average Bonchev–Trinajstić information content (AvgIpc) is 2.94. The maximum atomic E-state index is 13.4. The molecule has 2 amide bonds. The van der Waals surface area contributed by atoms with Gasteiger partial charge in [0.2, 0.25) is 0 Å². The van der Waals surface area contributed by atoms with Crippen LogP contribution in [0, 0.1) is 13.8 Å². The summed E-state index contributed by atoms with van der Waals surface area (Å²) < 4.78 is 0. The summed E-state index contributed by atoms with van der Waals surface area (Å²) >= 11 is 1.34. The molecule has 1 heterocycles. The summed E-state index contributed by atoms with van der Waals surface area (Å²) in [5.41, 5.74) is 3.85. The van der Waals surface area contributed by atoms with E-state index in [4.69, 9.17) is 0 Å². The third-order valence-corrected chi connectivity index (χ3v) is 5.75. The average molecular weight is 385 g/mol. The minimum absolute atomic E-state index is 0.273. The Morgan fingerprint density at radius 2 is 1.39 bits per heavy atom. The van der Waals surface area contributed by atoms with Gasteiger partial charge in [0.25, 0.3) is 11.8 Å². The van der Waals surface area contributed by atoms with Crippen molar-refractivity contribution in [2.45, 2.75) is 18.7 Å². The van der Waals surface area contributed by atoms with Gasteiger partial charge >= 0.3 is 0 Å². The fourth-order valence-electron chi connectivity index (χ4n) is 3.35. The van der Waals surface area contributed by atoms with Gasteiger partial charge in [-0.25, -0.2) is 4.90 Å². The molecule has 1 aliphatic heterocycles. The molecule has 1 aliphatic rings. The second-order valence-electron chi connectivity index (χ2n) is 6.72. The van der Waals surface area contributed by atoms with Gasteiger partial charge in [0, 0.05) is 4.90 Å². The SMILES string of the molecule is Cc1ccc(N2C(=O)C(Sc3ccccc3)=C(c3ccccc3)C2=O)c(C)c1. The van der Waals surface area contributed by atoms with Gasteiger partial charge in [0.1, 0.15) is 0 Å². The summed E-state index contributed by atoms with van der Waals surface area (Å²) in [5, 5.41) is 0. The van der Waals surface area contributed by atoms with Gasteiger partial charge in [-0.2, -0.15) is 0 Å². The molecule has 0 atom stereocenters. The summed E-state index contributed by atoms with van der Waals surface area (Å²) in [7, 11) is 0. The second-order valence-corrected chi connectivity index (χ2v) is 7.80. The van der Waals surface area contributed by atoms with Crippen molar-refractivity contribution in [3.8, 4) is 0 Å². The van der Waals surface area contributed by atoms with Crippen LogP contribution in [0.3, 0.4) is 0 Å². The first kappa shape index (κ1) is 18.3. The van der Waals surface area contributed by atoms with E-state index in [2.05, 4.69) is 0 Å². The molecule has 0 unspecified atom stereocenters. The maximum absolute atomic E-state index is 13.4. The Hall–Kier alpha value is -3.11. The third kappa shape index (κ3) is 3.27. The fraction of sp³-hybridized carbons (Fsp3) is 0.0833. The largest absolute Gasteiger partial charge is 0.272 e. The zero-order chi connectivity index (χ0) is 19.7. The molecular weight excluding hydrogens is 366 g/mol. The van der Waals surface area contributed by atoms with Gasteiger partial charge in [-0.15, -0.1) is 0 Å². The van der Waals surface area contributed by atoms with Crippen molar-refractivity contribution in [2.75, 3.05) is 4.90 Å². The van der Waals surface area contributed by atoms with Crippen LogP contribution < -0.4 is 4.90 Å². The molecule has 0 bridgehead atoms. The Labute approximate surface area is 168 Å². The van der Waals surface area contributed by atoms with Crippen LogP contribution in [0.25, 0.3) is 5.57 Å². The molecular formula is C24H19NO2S. The van der Waals surface area contributed by atoms with Gasteiger partial charge < -0.3 is 0 Å². The Morgan fingerprint density at radius 3 is 2.04 bits per heavy atom. The monoisotopic (exact) mass is 385 g/mol. The normalized spacial score (nSPS) is 14.1. The fourth-order valence-corrected chi connectivity index (χ4v) is 4.36. The van der Waals surface area contributed by atoms with E-state index in [9.17, 15) is 9.59 Å². The van der Waals surface area contributed by atoms with Crippen LogP contribution in [-0.2, 0) is 9.59 Å². The van der Waals surface area contributed by atoms with Gasteiger partial charge in [-0.3, -0.25) is 9.59 Å². The molecule has 0 saturated carbocycles. The van der Waals surface area contributed by atoms with Crippen LogP contribution >= 0.6 is 11.8 Å². The van der Waals surface area contributed by atoms with Crippen LogP contribution in [0.4, 0.5) is 5.69 Å². The minimum Gasteiger partial charge on any atom is -0.268 e. The van der Waals surface area contributed by atoms with Gasteiger partial charge in [-0.05, 0) is 43.2 Å². The number of benzene rings is 3. The molecule has 138 valence electrons. The van der Waals surface area contributed by atoms with Crippen molar-refractivity contribution in [1.82, 2.24) is 0 Å². The van der Waals surface area contributed by atoms with Crippen molar-refractivity contribution in [1.29, 1.82) is 0 Å². The van der Waals surface area contributed by atoms with Crippen LogP contribution in [0.5, 0.6) is 0 Å². The van der Waals surface area contributed by atoms with E-state index >= 15 is 0 Å². The Bertz CT molecular complexity index is 1090. The number of carbonyl (C=O) groups is 2. The molecule has 4 heteroatoms. The minimum atomic E-state index is -0.276. The van der Waals surface area contributed by atoms with Crippen molar-refractivity contribution in [2.24, 2.45) is 0 Å². The van der Waals surface area contributed by atoms with Gasteiger partial charge in [0.05, 0.1) is 16.2 Å². The van der Waals surface area contributed by atoms with Crippen LogP contribution in [0.15, 0.2) is 88.7 Å². The Balaban J connectivity index is 1.84. The lowest BCUT2D eigenvalue weighted by Gasteiger charge is -2.18. The predicted molar refractivity (Wildman–Crippen MR) is 114 cm³/mol. The van der Waals surface area contributed by atoms with Crippen LogP contribution in [0.1, 0.15) is 16.7 Å². The molecule has 28 heavy (non-hydrogen) atoms. The van der Waals surface area contributed by atoms with Crippen molar-refractivity contribution < 1.29 is 9.59 Å². The Kier molecular flexibility index (Phi) is 4.88. The highest BCUT2D eigenvalue weighted by Gasteiger charge is 2.40. The number of rotatable bonds is 4. The van der Waals surface area contributed by atoms with Gasteiger partial charge in [-0.1, -0.05) is 78.0 Å². The number of thioether (sulfide) groups is 1. The molecule has 0 aliphatic carbocycles. The van der Waals surface area contributed by atoms with E-state index in [-0.39, 0.29) is 11.8 Å². The number of aryl methyl sites for hydroxylation is 2. The van der Waals surface area contributed by atoms with Crippen molar-refractivity contribution in [3.63, 3.8) is 0 Å². The molecule has 0 spiro atoms. The van der Waals surface area contributed by atoms with Crippen molar-refractivity contribution in [3.05, 3.63) is 100 Å². The van der Waals surface area contributed by atoms with E-state index in [1.807, 2.05) is 92.7 Å². The zero-order valence-electron chi connectivity index (χ0n) is 15.7. The molecule has 0 radical (unpaired) electrons. The van der Waals surface area contributed by atoms with E-state index in [0.717, 1.165) is 21.6 Å². The maximum Gasteiger partial charge on any atom is 0.272 e. The highest BCUT2D eigenvalue weighted by atomic mass is 32.2. The first-order chi connectivity index (χ1) is 13.6. The number of anilines is 1. The standard InChI is InChI=1S/C24H19NO2S/c1-16-13-14-20(17(2)15-16)25-23(26)21(18-9-5-3-6-10-18)22(24(25)27)28-19-11-7-4-8-12-19/h3-15H,1-2H3. The van der Waals surface area contributed by atoms with Crippen LogP contribution in [0.2, 0.25) is 0 Å². The quantitative estimate of drug-likeness (QED) is 0.566. The number of amides is 2. The number of imide groups is 1. The summed E-state index contributed by atoms with van der Waals surface area (Å²) in [6.07, 6.45) is 0. The lowest BCUT2D eigenvalue weighted by atomic mass is 10.1. The number of nitrogens with zero attached hydrogens (tertiary/aromatic N) is 1. The van der Waals surface area contributed by atoms with E-state index in [0.29, 0.717) is 16.2 Å². The second kappa shape index (κ2) is 7.49. The number of hydrogen-bond donors (Lipinski definition) is 0. The number of hydrogen-bond acceptors (Lipinski definition) is 3. The highest BCUT2D eigenvalue weighted by molar-refractivity contribution is 8.04. The highest BCUT2D eigenvalue weighted by Crippen LogP contribution is 2.41. The zero-order valence-corrected chi connectivity index (χ0v) is 16.5. The van der Waals surface area contributed by atoms with E-state index < -0.39 is 0 Å². The van der Waals surface area contributed by atoms with E-state index in [1.165, 1.54) is 16.7 Å². The molecule has 0 fully saturated rings. The molecule has 0 N–H and O–H groups in total. The lowest BCUT2D eigenvalue weighted by molar-refractivity contribution is -0.119. The first-order valence-electron chi connectivity index (χ1n) is 9.05. The molecule has 3 nitrogen and oxygen atoms in total. The molecule has 3 aromatic rings. The molecule has 0 saturated heterocycles. The van der Waals surface area contributed by atoms with Crippen molar-refractivity contribution >= 4 is 34.8 Å². The number of carbonyl (C=O) groups excluding carboxylic acids is 2. The van der Waals surface area contributed by atoms with Gasteiger partial charge in [0.15, 0.2) is 0 Å². The summed E-state index contributed by atoms with van der Waals surface area (Å²) in [6, 6.07) is 24.8. The first-order valence-corrected chi connectivity index (χ1v) is 9.86. The summed E-state index contributed by atoms with van der Waals surface area (Å²) in [6.45, 7) is 3.92.